The number of rotatable bonds is 0. The number of ether oxygens (including phenoxy) is 1. The number of carbonyl (C=O) groups is 1. The topological polar surface area (TPSA) is 29.5 Å². The molecule has 0 N–H and O–H groups in total. The average Bonchev–Trinajstić information content (AvgIpc) is 1.75. The van der Waals surface area contributed by atoms with E-state index in [1.54, 1.807) is 4.90 Å². The predicted octanol–water partition coefficient (Wildman–Crippen LogP) is 2.57. The molecule has 80 valence electrons. The molecule has 1 heterocycles. The normalized spacial score (nSPS) is 16.4. The molecule has 1 saturated heterocycles. The van der Waals surface area contributed by atoms with Gasteiger partial charge in [0.05, 0.1) is 0 Å². The average molecular weight is 197 g/mol. The lowest BCUT2D eigenvalue weighted by Crippen LogP contribution is -2.47. The second-order valence-corrected chi connectivity index (χ2v) is 4.94. The second kappa shape index (κ2) is 3.64. The van der Waals surface area contributed by atoms with Crippen molar-refractivity contribution < 1.29 is 9.53 Å². The molecular formula is C11H19NO2. The largest absolute Gasteiger partial charge is 0.444 e. The number of nitrogens with zero attached hydrogens (tertiary/aromatic N) is 1. The number of allylic oxidation sites excluding steroid dienone is 1. The summed E-state index contributed by atoms with van der Waals surface area (Å²) in [5.74, 6) is 0. The summed E-state index contributed by atoms with van der Waals surface area (Å²) in [7, 11) is 0. The van der Waals surface area contributed by atoms with E-state index in [0.29, 0.717) is 0 Å². The molecule has 1 fully saturated rings. The highest BCUT2D eigenvalue weighted by atomic mass is 16.6. The molecule has 0 atom stereocenters. The first-order valence-electron chi connectivity index (χ1n) is 4.93. The van der Waals surface area contributed by atoms with Gasteiger partial charge in [-0.05, 0) is 40.2 Å². The lowest BCUT2D eigenvalue weighted by atomic mass is 10.0. The van der Waals surface area contributed by atoms with Crippen LogP contribution in [0, 0.1) is 0 Å². The fourth-order valence-electron chi connectivity index (χ4n) is 1.19. The van der Waals surface area contributed by atoms with Crippen LogP contribution in [0.15, 0.2) is 11.1 Å². The Morgan fingerprint density at radius 2 is 1.79 bits per heavy atom. The highest BCUT2D eigenvalue weighted by molar-refractivity contribution is 5.70. The van der Waals surface area contributed by atoms with Crippen molar-refractivity contribution >= 4 is 6.09 Å². The first kappa shape index (κ1) is 11.1. The molecule has 0 spiro atoms. The van der Waals surface area contributed by atoms with Crippen LogP contribution in [0.2, 0.25) is 0 Å². The zero-order valence-electron chi connectivity index (χ0n) is 9.68. The quantitative estimate of drug-likeness (QED) is 0.558. The van der Waals surface area contributed by atoms with Crippen LogP contribution < -0.4 is 0 Å². The Bertz CT molecular complexity index is 262. The van der Waals surface area contributed by atoms with Crippen LogP contribution >= 0.6 is 0 Å². The van der Waals surface area contributed by atoms with E-state index in [9.17, 15) is 4.79 Å². The first-order valence-corrected chi connectivity index (χ1v) is 4.93. The van der Waals surface area contributed by atoms with Crippen molar-refractivity contribution in [2.24, 2.45) is 0 Å². The van der Waals surface area contributed by atoms with Gasteiger partial charge >= 0.3 is 6.09 Å². The molecular weight excluding hydrogens is 178 g/mol. The van der Waals surface area contributed by atoms with E-state index in [2.05, 4.69) is 13.8 Å². The van der Waals surface area contributed by atoms with E-state index < -0.39 is 5.60 Å². The Hall–Kier alpha value is -0.990. The Morgan fingerprint density at radius 3 is 2.14 bits per heavy atom. The zero-order valence-corrected chi connectivity index (χ0v) is 9.68. The van der Waals surface area contributed by atoms with E-state index in [-0.39, 0.29) is 6.09 Å². The summed E-state index contributed by atoms with van der Waals surface area (Å²) in [5.41, 5.74) is 2.26. The van der Waals surface area contributed by atoms with Crippen molar-refractivity contribution in [2.75, 3.05) is 13.1 Å². The van der Waals surface area contributed by atoms with E-state index in [4.69, 9.17) is 4.74 Å². The maximum Gasteiger partial charge on any atom is 0.410 e. The fraction of sp³-hybridized carbons (Fsp3) is 0.727. The number of likely N-dealkylation sites (tertiary alicyclic amines) is 1. The van der Waals surface area contributed by atoms with Gasteiger partial charge in [0, 0.05) is 13.1 Å². The zero-order chi connectivity index (χ0) is 10.9. The molecule has 3 nitrogen and oxygen atoms in total. The second-order valence-electron chi connectivity index (χ2n) is 4.94. The summed E-state index contributed by atoms with van der Waals surface area (Å²) in [6.45, 7) is 11.3. The number of amides is 1. The van der Waals surface area contributed by atoms with Gasteiger partial charge < -0.3 is 9.64 Å². The summed E-state index contributed by atoms with van der Waals surface area (Å²) in [4.78, 5) is 13.2. The molecule has 1 aliphatic heterocycles. The molecule has 0 radical (unpaired) electrons. The molecule has 0 aromatic carbocycles. The molecule has 0 bridgehead atoms. The molecule has 1 rings (SSSR count). The lowest BCUT2D eigenvalue weighted by Gasteiger charge is -2.36. The maximum absolute atomic E-state index is 11.5. The van der Waals surface area contributed by atoms with Crippen LogP contribution in [0.3, 0.4) is 0 Å². The number of carbonyl (C=O) groups excluding carboxylic acids is 1. The van der Waals surface area contributed by atoms with Gasteiger partial charge in [0.2, 0.25) is 0 Å². The van der Waals surface area contributed by atoms with Gasteiger partial charge in [-0.3, -0.25) is 0 Å². The fourth-order valence-corrected chi connectivity index (χ4v) is 1.19. The summed E-state index contributed by atoms with van der Waals surface area (Å²) in [6, 6.07) is 0. The molecule has 3 heteroatoms. The van der Waals surface area contributed by atoms with Crippen LogP contribution in [0.4, 0.5) is 4.79 Å². The van der Waals surface area contributed by atoms with Crippen molar-refractivity contribution in [3.05, 3.63) is 11.1 Å². The SMILES string of the molecule is CC(C)=C1CN(C(=O)OC(C)(C)C)C1. The standard InChI is InChI=1S/C11H19NO2/c1-8(2)9-6-12(7-9)10(13)14-11(3,4)5/h6-7H2,1-5H3. The van der Waals surface area contributed by atoms with Gasteiger partial charge in [-0.1, -0.05) is 5.57 Å². The van der Waals surface area contributed by atoms with Gasteiger partial charge in [0.1, 0.15) is 5.60 Å². The summed E-state index contributed by atoms with van der Waals surface area (Å²) in [5, 5.41) is 0. The van der Waals surface area contributed by atoms with Crippen molar-refractivity contribution in [3.8, 4) is 0 Å². The van der Waals surface area contributed by atoms with E-state index in [0.717, 1.165) is 13.1 Å². The minimum Gasteiger partial charge on any atom is -0.444 e. The van der Waals surface area contributed by atoms with Crippen molar-refractivity contribution in [1.82, 2.24) is 4.90 Å². The third-order valence-electron chi connectivity index (χ3n) is 2.12. The van der Waals surface area contributed by atoms with Gasteiger partial charge in [-0.2, -0.15) is 0 Å². The van der Waals surface area contributed by atoms with E-state index in [1.807, 2.05) is 20.8 Å². The Kier molecular flexibility index (Phi) is 2.88. The Balaban J connectivity index is 2.41. The highest BCUT2D eigenvalue weighted by Gasteiger charge is 2.29. The molecule has 0 aliphatic carbocycles. The molecule has 0 aromatic rings. The number of hydrogen-bond donors (Lipinski definition) is 0. The number of hydrogen-bond acceptors (Lipinski definition) is 2. The van der Waals surface area contributed by atoms with E-state index >= 15 is 0 Å². The van der Waals surface area contributed by atoms with Crippen LogP contribution in [-0.2, 0) is 4.74 Å². The van der Waals surface area contributed by atoms with Gasteiger partial charge in [0.15, 0.2) is 0 Å². The first-order chi connectivity index (χ1) is 6.29. The minimum atomic E-state index is -0.391. The third-order valence-corrected chi connectivity index (χ3v) is 2.12. The maximum atomic E-state index is 11.5. The van der Waals surface area contributed by atoms with Crippen LogP contribution in [0.1, 0.15) is 34.6 Å². The smallest absolute Gasteiger partial charge is 0.410 e. The van der Waals surface area contributed by atoms with Crippen molar-refractivity contribution in [1.29, 1.82) is 0 Å². The van der Waals surface area contributed by atoms with Crippen LogP contribution in [0.25, 0.3) is 0 Å². The molecule has 14 heavy (non-hydrogen) atoms. The van der Waals surface area contributed by atoms with Gasteiger partial charge in [-0.25, -0.2) is 4.79 Å². The highest BCUT2D eigenvalue weighted by Crippen LogP contribution is 2.20. The predicted molar refractivity (Wildman–Crippen MR) is 56.2 cm³/mol. The minimum absolute atomic E-state index is 0.206. The molecule has 0 unspecified atom stereocenters. The van der Waals surface area contributed by atoms with E-state index in [1.165, 1.54) is 11.1 Å². The molecule has 1 amide bonds. The monoisotopic (exact) mass is 197 g/mol. The molecule has 0 saturated carbocycles. The Morgan fingerprint density at radius 1 is 1.29 bits per heavy atom. The third kappa shape index (κ3) is 2.76. The van der Waals surface area contributed by atoms with Crippen molar-refractivity contribution in [2.45, 2.75) is 40.2 Å². The van der Waals surface area contributed by atoms with Crippen LogP contribution in [-0.4, -0.2) is 29.7 Å². The Labute approximate surface area is 85.7 Å². The summed E-state index contributed by atoms with van der Waals surface area (Å²) >= 11 is 0. The van der Waals surface area contributed by atoms with Crippen LogP contribution in [0.5, 0.6) is 0 Å². The van der Waals surface area contributed by atoms with Gasteiger partial charge in [-0.15, -0.1) is 0 Å². The molecule has 1 aliphatic rings. The van der Waals surface area contributed by atoms with Gasteiger partial charge in [0.25, 0.3) is 0 Å². The summed E-state index contributed by atoms with van der Waals surface area (Å²) < 4.78 is 5.23. The lowest BCUT2D eigenvalue weighted by molar-refractivity contribution is 0.0213. The van der Waals surface area contributed by atoms with Crippen molar-refractivity contribution in [3.63, 3.8) is 0 Å². The summed E-state index contributed by atoms with van der Waals surface area (Å²) in [6.07, 6.45) is -0.206. The molecule has 0 aromatic heterocycles.